The molecule has 0 spiro atoms. The van der Waals surface area contributed by atoms with Crippen LogP contribution in [0.1, 0.15) is 29.8 Å². The highest BCUT2D eigenvalue weighted by Crippen LogP contribution is 2.38. The van der Waals surface area contributed by atoms with Crippen LogP contribution in [-0.4, -0.2) is 26.0 Å². The Labute approximate surface area is 146 Å². The molecule has 0 aromatic heterocycles. The quantitative estimate of drug-likeness (QED) is 0.896. The number of hydrogen-bond donors (Lipinski definition) is 2. The second kappa shape index (κ2) is 6.12. The maximum atomic E-state index is 12.5. The number of rotatable bonds is 4. The molecule has 0 unspecified atom stereocenters. The number of ether oxygens (including phenoxy) is 2. The predicted octanol–water partition coefficient (Wildman–Crippen LogP) is 3.19. The van der Waals surface area contributed by atoms with Crippen molar-refractivity contribution in [3.05, 3.63) is 47.5 Å². The monoisotopic (exact) mass is 340 g/mol. The summed E-state index contributed by atoms with van der Waals surface area (Å²) < 4.78 is 10.4. The first-order chi connectivity index (χ1) is 11.9. The van der Waals surface area contributed by atoms with Gasteiger partial charge in [-0.05, 0) is 55.8 Å². The summed E-state index contributed by atoms with van der Waals surface area (Å²) in [6.45, 7) is 3.71. The Morgan fingerprint density at radius 3 is 2.44 bits per heavy atom. The number of nitrogens with one attached hydrogen (secondary N) is 2. The van der Waals surface area contributed by atoms with Gasteiger partial charge in [-0.3, -0.25) is 9.59 Å². The van der Waals surface area contributed by atoms with Gasteiger partial charge in [0.15, 0.2) is 11.5 Å². The Balaban J connectivity index is 1.85. The summed E-state index contributed by atoms with van der Waals surface area (Å²) >= 11 is 0. The Hall–Kier alpha value is -3.02. The first kappa shape index (κ1) is 16.8. The molecule has 0 atom stereocenters. The number of anilines is 2. The van der Waals surface area contributed by atoms with E-state index in [1.54, 1.807) is 37.4 Å². The molecule has 1 aliphatic rings. The molecule has 3 rings (SSSR count). The van der Waals surface area contributed by atoms with Gasteiger partial charge in [0.05, 0.1) is 19.6 Å². The van der Waals surface area contributed by atoms with Crippen LogP contribution in [0.5, 0.6) is 11.5 Å². The third-order valence-electron chi connectivity index (χ3n) is 4.41. The lowest BCUT2D eigenvalue weighted by molar-refractivity contribution is -0.119. The fourth-order valence-electron chi connectivity index (χ4n) is 2.83. The molecule has 6 heteroatoms. The highest BCUT2D eigenvalue weighted by molar-refractivity contribution is 6.08. The van der Waals surface area contributed by atoms with E-state index in [0.29, 0.717) is 22.7 Å². The minimum absolute atomic E-state index is 0.0501. The van der Waals surface area contributed by atoms with Crippen molar-refractivity contribution in [3.63, 3.8) is 0 Å². The van der Waals surface area contributed by atoms with E-state index in [-0.39, 0.29) is 11.8 Å². The Kier molecular flexibility index (Phi) is 4.12. The fraction of sp³-hybridized carbons (Fsp3) is 0.263. The molecular weight excluding hydrogens is 320 g/mol. The van der Waals surface area contributed by atoms with E-state index in [9.17, 15) is 9.59 Å². The summed E-state index contributed by atoms with van der Waals surface area (Å²) in [4.78, 5) is 24.5. The third-order valence-corrected chi connectivity index (χ3v) is 4.41. The SMILES string of the molecule is COc1ccc(C(=O)Nc2ccc3c(c2)C(C)(C)C(=O)N3)cc1OC. The second-order valence-corrected chi connectivity index (χ2v) is 6.36. The van der Waals surface area contributed by atoms with Gasteiger partial charge in [-0.25, -0.2) is 0 Å². The van der Waals surface area contributed by atoms with Crippen molar-refractivity contribution in [1.82, 2.24) is 0 Å². The van der Waals surface area contributed by atoms with Gasteiger partial charge in [0.25, 0.3) is 5.91 Å². The Bertz CT molecular complexity index is 858. The largest absolute Gasteiger partial charge is 0.493 e. The molecule has 2 amide bonds. The number of amides is 2. The van der Waals surface area contributed by atoms with Gasteiger partial charge >= 0.3 is 0 Å². The molecule has 6 nitrogen and oxygen atoms in total. The van der Waals surface area contributed by atoms with Gasteiger partial charge in [0.2, 0.25) is 5.91 Å². The lowest BCUT2D eigenvalue weighted by Gasteiger charge is -2.16. The van der Waals surface area contributed by atoms with Crippen LogP contribution in [0.3, 0.4) is 0 Å². The molecule has 25 heavy (non-hydrogen) atoms. The summed E-state index contributed by atoms with van der Waals surface area (Å²) in [5.41, 5.74) is 2.09. The average molecular weight is 340 g/mol. The minimum atomic E-state index is -0.626. The van der Waals surface area contributed by atoms with Gasteiger partial charge in [0, 0.05) is 16.9 Å². The van der Waals surface area contributed by atoms with Crippen molar-refractivity contribution in [2.75, 3.05) is 24.9 Å². The van der Waals surface area contributed by atoms with Crippen molar-refractivity contribution in [3.8, 4) is 11.5 Å². The zero-order chi connectivity index (χ0) is 18.2. The van der Waals surface area contributed by atoms with Gasteiger partial charge in [-0.1, -0.05) is 0 Å². The smallest absolute Gasteiger partial charge is 0.255 e. The molecule has 0 saturated heterocycles. The molecule has 0 aliphatic carbocycles. The highest BCUT2D eigenvalue weighted by Gasteiger charge is 2.38. The molecular formula is C19H20N2O4. The summed E-state index contributed by atoms with van der Waals surface area (Å²) in [6, 6.07) is 10.4. The molecule has 130 valence electrons. The van der Waals surface area contributed by atoms with Crippen LogP contribution in [0.25, 0.3) is 0 Å². The van der Waals surface area contributed by atoms with Crippen LogP contribution in [0.4, 0.5) is 11.4 Å². The molecule has 0 bridgehead atoms. The van der Waals surface area contributed by atoms with E-state index < -0.39 is 5.41 Å². The van der Waals surface area contributed by atoms with E-state index in [4.69, 9.17) is 9.47 Å². The fourth-order valence-corrected chi connectivity index (χ4v) is 2.83. The van der Waals surface area contributed by atoms with E-state index in [1.807, 2.05) is 19.9 Å². The van der Waals surface area contributed by atoms with Crippen LogP contribution in [0.15, 0.2) is 36.4 Å². The first-order valence-electron chi connectivity index (χ1n) is 7.86. The lowest BCUT2D eigenvalue weighted by Crippen LogP contribution is -2.26. The molecule has 0 radical (unpaired) electrons. The van der Waals surface area contributed by atoms with Gasteiger partial charge in [0.1, 0.15) is 0 Å². The van der Waals surface area contributed by atoms with E-state index in [2.05, 4.69) is 10.6 Å². The van der Waals surface area contributed by atoms with E-state index >= 15 is 0 Å². The van der Waals surface area contributed by atoms with Gasteiger partial charge < -0.3 is 20.1 Å². The zero-order valence-electron chi connectivity index (χ0n) is 14.6. The van der Waals surface area contributed by atoms with Crippen LogP contribution in [-0.2, 0) is 10.2 Å². The number of methoxy groups -OCH3 is 2. The molecule has 2 aromatic carbocycles. The predicted molar refractivity (Wildman–Crippen MR) is 95.6 cm³/mol. The van der Waals surface area contributed by atoms with Crippen molar-refractivity contribution < 1.29 is 19.1 Å². The van der Waals surface area contributed by atoms with E-state index in [1.165, 1.54) is 7.11 Å². The summed E-state index contributed by atoms with van der Waals surface area (Å²) in [5.74, 6) is 0.727. The molecule has 0 fully saturated rings. The maximum absolute atomic E-state index is 12.5. The number of carbonyl (C=O) groups excluding carboxylic acids is 2. The summed E-state index contributed by atoms with van der Waals surface area (Å²) in [7, 11) is 3.06. The molecule has 2 aromatic rings. The maximum Gasteiger partial charge on any atom is 0.255 e. The molecule has 0 saturated carbocycles. The Morgan fingerprint density at radius 2 is 1.76 bits per heavy atom. The standard InChI is InChI=1S/C19H20N2O4/c1-19(2)13-10-12(6-7-14(13)21-18(19)23)20-17(22)11-5-8-15(24-3)16(9-11)25-4/h5-10H,1-4H3,(H,20,22)(H,21,23). The van der Waals surface area contributed by atoms with Crippen molar-refractivity contribution in [1.29, 1.82) is 0 Å². The average Bonchev–Trinajstić information content (AvgIpc) is 2.83. The third kappa shape index (κ3) is 2.91. The summed E-state index contributed by atoms with van der Waals surface area (Å²) in [6.07, 6.45) is 0. The minimum Gasteiger partial charge on any atom is -0.493 e. The van der Waals surface area contributed by atoms with Gasteiger partial charge in [-0.15, -0.1) is 0 Å². The van der Waals surface area contributed by atoms with Crippen molar-refractivity contribution in [2.45, 2.75) is 19.3 Å². The summed E-state index contributed by atoms with van der Waals surface area (Å²) in [5, 5.41) is 5.70. The Morgan fingerprint density at radius 1 is 1.04 bits per heavy atom. The molecule has 1 aliphatic heterocycles. The number of benzene rings is 2. The number of carbonyl (C=O) groups is 2. The van der Waals surface area contributed by atoms with Gasteiger partial charge in [-0.2, -0.15) is 0 Å². The lowest BCUT2D eigenvalue weighted by atomic mass is 9.86. The van der Waals surface area contributed by atoms with Crippen LogP contribution in [0.2, 0.25) is 0 Å². The van der Waals surface area contributed by atoms with Crippen LogP contribution < -0.4 is 20.1 Å². The topological polar surface area (TPSA) is 76.7 Å². The highest BCUT2D eigenvalue weighted by atomic mass is 16.5. The second-order valence-electron chi connectivity index (χ2n) is 6.36. The van der Waals surface area contributed by atoms with Crippen LogP contribution in [0, 0.1) is 0 Å². The van der Waals surface area contributed by atoms with Crippen molar-refractivity contribution >= 4 is 23.2 Å². The number of hydrogen-bond acceptors (Lipinski definition) is 4. The van der Waals surface area contributed by atoms with Crippen LogP contribution >= 0.6 is 0 Å². The molecule has 1 heterocycles. The molecule has 2 N–H and O–H groups in total. The normalized spacial score (nSPS) is 14.5. The van der Waals surface area contributed by atoms with E-state index in [0.717, 1.165) is 11.3 Å². The van der Waals surface area contributed by atoms with Crippen molar-refractivity contribution in [2.24, 2.45) is 0 Å². The zero-order valence-corrected chi connectivity index (χ0v) is 14.6. The first-order valence-corrected chi connectivity index (χ1v) is 7.86. The number of fused-ring (bicyclic) bond motifs is 1.